The minimum Gasteiger partial charge on any atom is -0.438 e. The van der Waals surface area contributed by atoms with Crippen LogP contribution in [0.1, 0.15) is 0 Å². The first kappa shape index (κ1) is 11.7. The SMILES string of the molecule is NNc1ncnc(Oc2cccc(F)c2)c1Br. The molecule has 5 nitrogen and oxygen atoms in total. The second-order valence-electron chi connectivity index (χ2n) is 3.05. The smallest absolute Gasteiger partial charge is 0.238 e. The van der Waals surface area contributed by atoms with Crippen molar-refractivity contribution >= 4 is 21.7 Å². The summed E-state index contributed by atoms with van der Waals surface area (Å²) in [6.45, 7) is 0. The third-order valence-electron chi connectivity index (χ3n) is 1.90. The Kier molecular flexibility index (Phi) is 3.50. The van der Waals surface area contributed by atoms with Crippen LogP contribution in [-0.4, -0.2) is 9.97 Å². The predicted octanol–water partition coefficient (Wildman–Crippen LogP) is 2.46. The highest BCUT2D eigenvalue weighted by molar-refractivity contribution is 9.10. The summed E-state index contributed by atoms with van der Waals surface area (Å²) in [5.41, 5.74) is 2.38. The summed E-state index contributed by atoms with van der Waals surface area (Å²) < 4.78 is 18.8. The van der Waals surface area contributed by atoms with Crippen LogP contribution in [0.4, 0.5) is 10.2 Å². The van der Waals surface area contributed by atoms with Gasteiger partial charge in [-0.2, -0.15) is 0 Å². The molecule has 0 saturated carbocycles. The normalized spacial score (nSPS) is 10.1. The third-order valence-corrected chi connectivity index (χ3v) is 2.62. The lowest BCUT2D eigenvalue weighted by molar-refractivity contribution is 0.454. The van der Waals surface area contributed by atoms with E-state index in [4.69, 9.17) is 10.6 Å². The summed E-state index contributed by atoms with van der Waals surface area (Å²) in [7, 11) is 0. The Morgan fingerprint density at radius 2 is 2.18 bits per heavy atom. The number of nitrogens with one attached hydrogen (secondary N) is 1. The van der Waals surface area contributed by atoms with Gasteiger partial charge in [0.2, 0.25) is 5.88 Å². The van der Waals surface area contributed by atoms with Crippen LogP contribution in [0.2, 0.25) is 0 Å². The summed E-state index contributed by atoms with van der Waals surface area (Å²) in [5, 5.41) is 0. The molecule has 0 radical (unpaired) electrons. The molecule has 0 amide bonds. The molecule has 1 aromatic carbocycles. The molecular formula is C10H8BrFN4O. The number of ether oxygens (including phenoxy) is 1. The molecule has 1 heterocycles. The number of nitrogens with two attached hydrogens (primary N) is 1. The second-order valence-corrected chi connectivity index (χ2v) is 3.84. The van der Waals surface area contributed by atoms with Crippen molar-refractivity contribution in [3.05, 3.63) is 40.9 Å². The molecule has 88 valence electrons. The van der Waals surface area contributed by atoms with Crippen LogP contribution in [0.15, 0.2) is 35.1 Å². The molecule has 3 N–H and O–H groups in total. The number of hydrazine groups is 1. The highest BCUT2D eigenvalue weighted by atomic mass is 79.9. The van der Waals surface area contributed by atoms with Crippen LogP contribution in [0.5, 0.6) is 11.6 Å². The molecule has 2 rings (SSSR count). The van der Waals surface area contributed by atoms with Gasteiger partial charge in [0, 0.05) is 6.07 Å². The number of rotatable bonds is 3. The molecule has 0 unspecified atom stereocenters. The summed E-state index contributed by atoms with van der Waals surface area (Å²) >= 11 is 3.23. The van der Waals surface area contributed by atoms with Crippen LogP contribution in [0.25, 0.3) is 0 Å². The van der Waals surface area contributed by atoms with E-state index in [-0.39, 0.29) is 11.7 Å². The Morgan fingerprint density at radius 3 is 2.88 bits per heavy atom. The highest BCUT2D eigenvalue weighted by Crippen LogP contribution is 2.31. The van der Waals surface area contributed by atoms with Crippen molar-refractivity contribution in [2.75, 3.05) is 5.43 Å². The molecule has 1 aromatic heterocycles. The van der Waals surface area contributed by atoms with Gasteiger partial charge in [-0.25, -0.2) is 20.2 Å². The number of benzene rings is 1. The lowest BCUT2D eigenvalue weighted by Gasteiger charge is -2.08. The van der Waals surface area contributed by atoms with E-state index in [9.17, 15) is 4.39 Å². The van der Waals surface area contributed by atoms with Gasteiger partial charge in [-0.3, -0.25) is 0 Å². The van der Waals surface area contributed by atoms with E-state index in [1.54, 1.807) is 12.1 Å². The minimum absolute atomic E-state index is 0.249. The molecule has 2 aromatic rings. The van der Waals surface area contributed by atoms with E-state index in [1.807, 2.05) is 0 Å². The number of anilines is 1. The van der Waals surface area contributed by atoms with Crippen LogP contribution in [0.3, 0.4) is 0 Å². The Morgan fingerprint density at radius 1 is 1.35 bits per heavy atom. The fraction of sp³-hybridized carbons (Fsp3) is 0. The molecule has 0 aliphatic heterocycles. The predicted molar refractivity (Wildman–Crippen MR) is 64.0 cm³/mol. The zero-order chi connectivity index (χ0) is 12.3. The van der Waals surface area contributed by atoms with Gasteiger partial charge < -0.3 is 10.2 Å². The van der Waals surface area contributed by atoms with Crippen molar-refractivity contribution in [1.82, 2.24) is 9.97 Å². The average Bonchev–Trinajstić information content (AvgIpc) is 2.32. The van der Waals surface area contributed by atoms with Crippen LogP contribution in [0, 0.1) is 5.82 Å². The van der Waals surface area contributed by atoms with Gasteiger partial charge in [-0.15, -0.1) is 0 Å². The Labute approximate surface area is 105 Å². The summed E-state index contributed by atoms with van der Waals surface area (Å²) in [5.74, 6) is 5.84. The molecule has 7 heteroatoms. The average molecular weight is 299 g/mol. The molecular weight excluding hydrogens is 291 g/mol. The van der Waals surface area contributed by atoms with E-state index in [2.05, 4.69) is 31.3 Å². The van der Waals surface area contributed by atoms with Gasteiger partial charge in [0.05, 0.1) is 0 Å². The maximum Gasteiger partial charge on any atom is 0.238 e. The zero-order valence-corrected chi connectivity index (χ0v) is 10.1. The maximum atomic E-state index is 13.0. The molecule has 0 fully saturated rings. The Balaban J connectivity index is 2.30. The van der Waals surface area contributed by atoms with E-state index >= 15 is 0 Å². The van der Waals surface area contributed by atoms with Gasteiger partial charge in [-0.05, 0) is 28.1 Å². The number of nitrogens with zero attached hydrogens (tertiary/aromatic N) is 2. The second kappa shape index (κ2) is 5.07. The number of nitrogen functional groups attached to an aromatic ring is 1. The zero-order valence-electron chi connectivity index (χ0n) is 8.52. The van der Waals surface area contributed by atoms with Gasteiger partial charge in [0.1, 0.15) is 22.4 Å². The van der Waals surface area contributed by atoms with Gasteiger partial charge in [0.15, 0.2) is 5.82 Å². The van der Waals surface area contributed by atoms with E-state index < -0.39 is 0 Å². The van der Waals surface area contributed by atoms with Crippen molar-refractivity contribution in [1.29, 1.82) is 0 Å². The van der Waals surface area contributed by atoms with Gasteiger partial charge >= 0.3 is 0 Å². The lowest BCUT2D eigenvalue weighted by Crippen LogP contribution is -2.09. The summed E-state index contributed by atoms with van der Waals surface area (Å²) in [6.07, 6.45) is 1.29. The first-order valence-corrected chi connectivity index (χ1v) is 5.40. The van der Waals surface area contributed by atoms with Gasteiger partial charge in [-0.1, -0.05) is 6.07 Å². The fourth-order valence-corrected chi connectivity index (χ4v) is 1.57. The molecule has 0 saturated heterocycles. The van der Waals surface area contributed by atoms with Crippen molar-refractivity contribution in [2.45, 2.75) is 0 Å². The third kappa shape index (κ3) is 2.69. The Bertz CT molecular complexity index is 537. The molecule has 17 heavy (non-hydrogen) atoms. The number of hydrogen-bond donors (Lipinski definition) is 2. The lowest BCUT2D eigenvalue weighted by atomic mass is 10.3. The minimum atomic E-state index is -0.384. The quantitative estimate of drug-likeness (QED) is 0.673. The monoisotopic (exact) mass is 298 g/mol. The summed E-state index contributed by atoms with van der Waals surface area (Å²) in [6, 6.07) is 5.74. The largest absolute Gasteiger partial charge is 0.438 e. The molecule has 0 bridgehead atoms. The topological polar surface area (TPSA) is 73.1 Å². The number of aromatic nitrogens is 2. The van der Waals surface area contributed by atoms with Crippen LogP contribution < -0.4 is 16.0 Å². The first-order valence-electron chi connectivity index (χ1n) is 4.61. The molecule has 0 spiro atoms. The van der Waals surface area contributed by atoms with Crippen molar-refractivity contribution in [3.63, 3.8) is 0 Å². The van der Waals surface area contributed by atoms with Crippen molar-refractivity contribution in [3.8, 4) is 11.6 Å². The Hall–Kier alpha value is -1.73. The molecule has 0 aliphatic carbocycles. The van der Waals surface area contributed by atoms with Crippen LogP contribution in [-0.2, 0) is 0 Å². The molecule has 0 aliphatic rings. The first-order chi connectivity index (χ1) is 8.20. The highest BCUT2D eigenvalue weighted by Gasteiger charge is 2.10. The molecule has 0 atom stereocenters. The van der Waals surface area contributed by atoms with Crippen molar-refractivity contribution in [2.24, 2.45) is 5.84 Å². The van der Waals surface area contributed by atoms with E-state index in [0.717, 1.165) is 0 Å². The maximum absolute atomic E-state index is 13.0. The standard InChI is InChI=1S/C10H8BrFN4O/c11-8-9(16-13)14-5-15-10(8)17-7-3-1-2-6(12)4-7/h1-5H,13H2,(H,14,15,16). The summed E-state index contributed by atoms with van der Waals surface area (Å²) in [4.78, 5) is 7.78. The number of halogens is 2. The van der Waals surface area contributed by atoms with Crippen LogP contribution >= 0.6 is 15.9 Å². The van der Waals surface area contributed by atoms with Crippen molar-refractivity contribution < 1.29 is 9.13 Å². The van der Waals surface area contributed by atoms with E-state index in [0.29, 0.717) is 16.0 Å². The van der Waals surface area contributed by atoms with Gasteiger partial charge in [0.25, 0.3) is 0 Å². The van der Waals surface area contributed by atoms with E-state index in [1.165, 1.54) is 18.5 Å². The number of hydrogen-bond acceptors (Lipinski definition) is 5. The fourth-order valence-electron chi connectivity index (χ4n) is 1.17.